The Hall–Kier alpha value is -3.39. The van der Waals surface area contributed by atoms with Crippen molar-refractivity contribution >= 4 is 51.9 Å². The minimum absolute atomic E-state index is 0.341. The van der Waals surface area contributed by atoms with Gasteiger partial charge in [0, 0.05) is 16.0 Å². The van der Waals surface area contributed by atoms with E-state index < -0.39 is 5.97 Å². The summed E-state index contributed by atoms with van der Waals surface area (Å²) in [6.07, 6.45) is 1.63. The lowest BCUT2D eigenvalue weighted by molar-refractivity contribution is 0.0728. The fourth-order valence-electron chi connectivity index (χ4n) is 3.20. The van der Waals surface area contributed by atoms with Gasteiger partial charge in [-0.2, -0.15) is 5.10 Å². The molecule has 0 atom stereocenters. The third kappa shape index (κ3) is 6.39. The summed E-state index contributed by atoms with van der Waals surface area (Å²) in [4.78, 5) is 17.1. The number of aryl methyl sites for hydroxylation is 1. The normalized spacial score (nSPS) is 11.0. The van der Waals surface area contributed by atoms with E-state index in [9.17, 15) is 4.79 Å². The van der Waals surface area contributed by atoms with Crippen LogP contribution in [0.4, 0.5) is 5.13 Å². The summed E-state index contributed by atoms with van der Waals surface area (Å²) in [5.41, 5.74) is 6.66. The van der Waals surface area contributed by atoms with Gasteiger partial charge < -0.3 is 9.47 Å². The Morgan fingerprint density at radius 2 is 1.97 bits per heavy atom. The number of esters is 1. The van der Waals surface area contributed by atoms with Gasteiger partial charge in [-0.3, -0.25) is 5.43 Å². The van der Waals surface area contributed by atoms with Crippen LogP contribution in [-0.2, 0) is 0 Å². The van der Waals surface area contributed by atoms with Crippen LogP contribution < -0.4 is 14.9 Å². The number of carbonyl (C=O) groups is 1. The molecule has 0 unspecified atom stereocenters. The number of halogens is 2. The molecule has 0 radical (unpaired) electrons. The highest BCUT2D eigenvalue weighted by molar-refractivity contribution is 7.14. The SMILES string of the molecule is CCOc1cc(/C=N\Nc2nc(-c3ccc(Cl)cc3Cl)cs2)ccc1OC(=O)c1cccc(C)c1. The summed E-state index contributed by atoms with van der Waals surface area (Å²) >= 11 is 13.6. The van der Waals surface area contributed by atoms with Crippen LogP contribution >= 0.6 is 34.5 Å². The second-order valence-electron chi connectivity index (χ2n) is 7.43. The standard InChI is InChI=1S/C26H21Cl2N3O3S/c1-3-33-24-12-17(7-10-23(24)34-25(32)18-6-4-5-16(2)11-18)14-29-31-26-30-22(15-35-26)20-9-8-19(27)13-21(20)28/h4-15H,3H2,1-2H3,(H,30,31)/b29-14-. The maximum absolute atomic E-state index is 12.5. The summed E-state index contributed by atoms with van der Waals surface area (Å²) in [5, 5.41) is 7.85. The summed E-state index contributed by atoms with van der Waals surface area (Å²) < 4.78 is 11.3. The van der Waals surface area contributed by atoms with Crippen LogP contribution in [0.3, 0.4) is 0 Å². The van der Waals surface area contributed by atoms with Crippen molar-refractivity contribution in [2.24, 2.45) is 5.10 Å². The van der Waals surface area contributed by atoms with Crippen LogP contribution in [0.25, 0.3) is 11.3 Å². The summed E-state index contributed by atoms with van der Waals surface area (Å²) in [6.45, 7) is 4.20. The maximum atomic E-state index is 12.5. The molecule has 178 valence electrons. The van der Waals surface area contributed by atoms with Crippen molar-refractivity contribution in [2.45, 2.75) is 13.8 Å². The molecule has 1 N–H and O–H groups in total. The number of rotatable bonds is 8. The van der Waals surface area contributed by atoms with Gasteiger partial charge in [0.25, 0.3) is 0 Å². The fraction of sp³-hybridized carbons (Fsp3) is 0.115. The Labute approximate surface area is 217 Å². The molecule has 35 heavy (non-hydrogen) atoms. The minimum Gasteiger partial charge on any atom is -0.490 e. The van der Waals surface area contributed by atoms with Crippen molar-refractivity contribution in [2.75, 3.05) is 12.0 Å². The van der Waals surface area contributed by atoms with E-state index in [1.54, 1.807) is 48.7 Å². The number of nitrogens with zero attached hydrogens (tertiary/aromatic N) is 2. The zero-order valence-electron chi connectivity index (χ0n) is 18.9. The second-order valence-corrected chi connectivity index (χ2v) is 9.13. The van der Waals surface area contributed by atoms with Crippen molar-refractivity contribution in [3.8, 4) is 22.8 Å². The van der Waals surface area contributed by atoms with E-state index in [1.807, 2.05) is 37.4 Å². The van der Waals surface area contributed by atoms with Crippen molar-refractivity contribution < 1.29 is 14.3 Å². The molecule has 4 rings (SSSR count). The van der Waals surface area contributed by atoms with Gasteiger partial charge in [0.1, 0.15) is 0 Å². The molecule has 0 aliphatic carbocycles. The molecule has 0 saturated heterocycles. The van der Waals surface area contributed by atoms with Gasteiger partial charge in [-0.1, -0.05) is 40.9 Å². The lowest BCUT2D eigenvalue weighted by Crippen LogP contribution is -2.10. The van der Waals surface area contributed by atoms with Gasteiger partial charge in [0.05, 0.1) is 29.1 Å². The molecule has 6 nitrogen and oxygen atoms in total. The molecule has 3 aromatic carbocycles. The van der Waals surface area contributed by atoms with E-state index in [0.717, 1.165) is 22.4 Å². The number of nitrogens with one attached hydrogen (secondary N) is 1. The average molecular weight is 526 g/mol. The van der Waals surface area contributed by atoms with Crippen molar-refractivity contribution in [3.63, 3.8) is 0 Å². The smallest absolute Gasteiger partial charge is 0.343 e. The van der Waals surface area contributed by atoms with E-state index in [4.69, 9.17) is 32.7 Å². The van der Waals surface area contributed by atoms with E-state index in [-0.39, 0.29) is 0 Å². The zero-order chi connectivity index (χ0) is 24.8. The van der Waals surface area contributed by atoms with E-state index in [0.29, 0.717) is 38.8 Å². The Morgan fingerprint density at radius 3 is 2.74 bits per heavy atom. The molecule has 1 heterocycles. The number of thiazole rings is 1. The van der Waals surface area contributed by atoms with Gasteiger partial charge in [-0.25, -0.2) is 9.78 Å². The number of hydrogen-bond acceptors (Lipinski definition) is 7. The highest BCUT2D eigenvalue weighted by atomic mass is 35.5. The maximum Gasteiger partial charge on any atom is 0.343 e. The van der Waals surface area contributed by atoms with Crippen LogP contribution in [0.5, 0.6) is 11.5 Å². The number of anilines is 1. The van der Waals surface area contributed by atoms with E-state index >= 15 is 0 Å². The van der Waals surface area contributed by atoms with Crippen LogP contribution in [0, 0.1) is 6.92 Å². The van der Waals surface area contributed by atoms with Gasteiger partial charge in [-0.05, 0) is 67.9 Å². The first-order valence-corrected chi connectivity index (χ1v) is 12.3. The predicted molar refractivity (Wildman–Crippen MR) is 143 cm³/mol. The monoisotopic (exact) mass is 525 g/mol. The highest BCUT2D eigenvalue weighted by Crippen LogP contribution is 2.32. The number of aromatic nitrogens is 1. The molecule has 0 spiro atoms. The highest BCUT2D eigenvalue weighted by Gasteiger charge is 2.13. The Balaban J connectivity index is 1.45. The molecule has 4 aromatic rings. The number of hydrogen-bond donors (Lipinski definition) is 1. The van der Waals surface area contributed by atoms with Crippen molar-refractivity contribution in [1.82, 2.24) is 4.98 Å². The van der Waals surface area contributed by atoms with Crippen molar-refractivity contribution in [1.29, 1.82) is 0 Å². The molecule has 0 aliphatic heterocycles. The zero-order valence-corrected chi connectivity index (χ0v) is 21.2. The fourth-order valence-corrected chi connectivity index (χ4v) is 4.36. The Morgan fingerprint density at radius 1 is 1.11 bits per heavy atom. The molecule has 0 saturated carbocycles. The van der Waals surface area contributed by atoms with Gasteiger partial charge in [0.2, 0.25) is 5.13 Å². The summed E-state index contributed by atoms with van der Waals surface area (Å²) in [7, 11) is 0. The number of benzene rings is 3. The molecule has 1 aromatic heterocycles. The molecule has 9 heteroatoms. The van der Waals surface area contributed by atoms with Crippen LogP contribution in [0.15, 0.2) is 71.1 Å². The van der Waals surface area contributed by atoms with Gasteiger partial charge in [0.15, 0.2) is 11.5 Å². The van der Waals surface area contributed by atoms with Crippen LogP contribution in [-0.4, -0.2) is 23.8 Å². The molecule has 0 amide bonds. The lowest BCUT2D eigenvalue weighted by atomic mass is 10.1. The average Bonchev–Trinajstić information content (AvgIpc) is 3.29. The number of hydrazone groups is 1. The summed E-state index contributed by atoms with van der Waals surface area (Å²) in [6, 6.07) is 17.7. The predicted octanol–water partition coefficient (Wildman–Crippen LogP) is 7.49. The molecular formula is C26H21Cl2N3O3S. The third-order valence-corrected chi connectivity index (χ3v) is 6.10. The first kappa shape index (κ1) is 24.7. The van der Waals surface area contributed by atoms with Crippen LogP contribution in [0.2, 0.25) is 10.0 Å². The van der Waals surface area contributed by atoms with Gasteiger partial charge >= 0.3 is 5.97 Å². The first-order chi connectivity index (χ1) is 16.9. The Kier molecular flexibility index (Phi) is 8.02. The molecule has 0 bridgehead atoms. The largest absolute Gasteiger partial charge is 0.490 e. The summed E-state index contributed by atoms with van der Waals surface area (Å²) in [5.74, 6) is 0.345. The number of carbonyl (C=O) groups excluding carboxylic acids is 1. The third-order valence-electron chi connectivity index (χ3n) is 4.81. The minimum atomic E-state index is -0.446. The lowest BCUT2D eigenvalue weighted by Gasteiger charge is -2.11. The van der Waals surface area contributed by atoms with Crippen LogP contribution in [0.1, 0.15) is 28.4 Å². The van der Waals surface area contributed by atoms with Gasteiger partial charge in [-0.15, -0.1) is 11.3 Å². The molecule has 0 fully saturated rings. The first-order valence-electron chi connectivity index (χ1n) is 10.7. The Bertz CT molecular complexity index is 1390. The van der Waals surface area contributed by atoms with Crippen molar-refractivity contribution in [3.05, 3.63) is 92.8 Å². The molecule has 0 aliphatic rings. The topological polar surface area (TPSA) is 72.8 Å². The molecular weight excluding hydrogens is 505 g/mol. The van der Waals surface area contributed by atoms with E-state index in [1.165, 1.54) is 11.3 Å². The van der Waals surface area contributed by atoms with E-state index in [2.05, 4.69) is 15.5 Å². The number of ether oxygens (including phenoxy) is 2. The second kappa shape index (κ2) is 11.4. The quantitative estimate of drug-likeness (QED) is 0.111.